The van der Waals surface area contributed by atoms with E-state index < -0.39 is 154 Å². The number of hydrogen-bond donors (Lipinski definition) is 11. The molecule has 3 aliphatic heterocycles. The highest BCUT2D eigenvalue weighted by Gasteiger charge is 2.53. The van der Waals surface area contributed by atoms with Gasteiger partial charge in [0.2, 0.25) is 0 Å². The van der Waals surface area contributed by atoms with E-state index in [9.17, 15) is 74.0 Å². The van der Waals surface area contributed by atoms with E-state index in [-0.39, 0.29) is 0 Å². The SMILES string of the molecule is O=S(=O)(O)O[C@@H]1[C@@H](O)[C@H](OS(=O)(=O)O)[C@@H](CO[C@H]2O[C@H](CO[C@H]3O[C@H](CO)[C@@H](O)[C@H](OS(=O)(=O)O)[C@H]3OS(=O)(=O)O)[C@@H](O)[C@H](O)[C@H]2O)O[C@@H]1O. The second-order valence-corrected chi connectivity index (χ2v) is 14.6. The summed E-state index contributed by atoms with van der Waals surface area (Å²) in [6.45, 7) is -3.36. The first-order valence-corrected chi connectivity index (χ1v) is 18.7. The summed E-state index contributed by atoms with van der Waals surface area (Å²) in [5.74, 6) is 0. The standard InChI is InChI=1S/C18H32O28S4/c19-1-4-8(21)13(44-48(29,30)31)15(46-50(35,36)37)18(41-4)39-2-5-7(20)9(22)10(23)17(42-5)38-3-6-12(43-47(26,27)28)11(24)14(16(25)40-6)45-49(32,33)34/h4-25H,1-3H2,(H,26,27,28)(H,29,30,31)(H,32,33,34)(H,35,36,37)/t4-,5-,6-,7-,8-,9+,10-,11+,12-,13+,14-,15-,16+,17+,18+/m1/s1. The Balaban J connectivity index is 1.80. The van der Waals surface area contributed by atoms with Crippen molar-refractivity contribution in [1.29, 1.82) is 0 Å². The second kappa shape index (κ2) is 16.6. The molecule has 11 N–H and O–H groups in total. The molecule has 0 amide bonds. The Hall–Kier alpha value is -1.00. The van der Waals surface area contributed by atoms with Gasteiger partial charge in [0.15, 0.2) is 31.1 Å². The first kappa shape index (κ1) is 43.4. The fraction of sp³-hybridized carbons (Fsp3) is 1.00. The molecule has 0 saturated carbocycles. The van der Waals surface area contributed by atoms with Crippen molar-refractivity contribution in [2.75, 3.05) is 19.8 Å². The second-order valence-electron chi connectivity index (χ2n) is 10.4. The van der Waals surface area contributed by atoms with E-state index in [1.54, 1.807) is 0 Å². The van der Waals surface area contributed by atoms with Gasteiger partial charge in [-0.15, -0.1) is 0 Å². The molecule has 0 bridgehead atoms. The number of aliphatic hydroxyl groups is 7. The van der Waals surface area contributed by atoms with Gasteiger partial charge in [0.1, 0.15) is 61.0 Å². The Morgan fingerprint density at radius 2 is 0.880 bits per heavy atom. The molecule has 0 spiro atoms. The van der Waals surface area contributed by atoms with Crippen molar-refractivity contribution in [2.45, 2.75) is 92.1 Å². The van der Waals surface area contributed by atoms with Crippen LogP contribution in [-0.4, -0.2) is 200 Å². The average Bonchev–Trinajstić information content (AvgIpc) is 2.95. The Labute approximate surface area is 281 Å². The van der Waals surface area contributed by atoms with Gasteiger partial charge in [-0.1, -0.05) is 0 Å². The van der Waals surface area contributed by atoms with Crippen LogP contribution in [-0.2, 0) is 82.0 Å². The summed E-state index contributed by atoms with van der Waals surface area (Å²) >= 11 is 0. The van der Waals surface area contributed by atoms with Gasteiger partial charge in [0.05, 0.1) is 19.8 Å². The molecule has 0 aliphatic carbocycles. The molecule has 15 atom stereocenters. The van der Waals surface area contributed by atoms with Gasteiger partial charge in [0, 0.05) is 0 Å². The minimum Gasteiger partial charge on any atom is -0.394 e. The molecule has 0 aromatic rings. The smallest absolute Gasteiger partial charge is 0.394 e. The van der Waals surface area contributed by atoms with Crippen LogP contribution in [0.1, 0.15) is 0 Å². The van der Waals surface area contributed by atoms with Gasteiger partial charge in [-0.2, -0.15) is 33.7 Å². The zero-order valence-electron chi connectivity index (χ0n) is 24.3. The van der Waals surface area contributed by atoms with Crippen molar-refractivity contribution < 1.29 is 128 Å². The summed E-state index contributed by atoms with van der Waals surface area (Å²) in [5, 5.41) is 71.5. The predicted octanol–water partition coefficient (Wildman–Crippen LogP) is -8.26. The third-order valence-corrected chi connectivity index (χ3v) is 8.74. The predicted molar refractivity (Wildman–Crippen MR) is 143 cm³/mol. The highest BCUT2D eigenvalue weighted by Crippen LogP contribution is 2.31. The summed E-state index contributed by atoms with van der Waals surface area (Å²) in [7, 11) is -22.0. The molecule has 0 radical (unpaired) electrons. The Morgan fingerprint density at radius 3 is 1.40 bits per heavy atom. The maximum Gasteiger partial charge on any atom is 0.397 e. The van der Waals surface area contributed by atoms with Crippen LogP contribution in [0.2, 0.25) is 0 Å². The highest BCUT2D eigenvalue weighted by atomic mass is 32.3. The zero-order valence-corrected chi connectivity index (χ0v) is 27.5. The van der Waals surface area contributed by atoms with E-state index in [2.05, 4.69) is 16.7 Å². The summed E-state index contributed by atoms with van der Waals surface area (Å²) < 4.78 is 169. The van der Waals surface area contributed by atoms with Crippen LogP contribution in [0.3, 0.4) is 0 Å². The monoisotopic (exact) mass is 824 g/mol. The molecule has 3 saturated heterocycles. The summed E-state index contributed by atoms with van der Waals surface area (Å²) in [6.07, 6.45) is -33.8. The van der Waals surface area contributed by atoms with Gasteiger partial charge < -0.3 is 59.4 Å². The van der Waals surface area contributed by atoms with Crippen LogP contribution in [0.15, 0.2) is 0 Å². The third kappa shape index (κ3) is 12.0. The molecule has 0 unspecified atom stereocenters. The number of ether oxygens (including phenoxy) is 5. The first-order chi connectivity index (χ1) is 22.7. The van der Waals surface area contributed by atoms with Crippen LogP contribution >= 0.6 is 0 Å². The molecule has 3 rings (SSSR count). The average molecular weight is 825 g/mol. The fourth-order valence-corrected chi connectivity index (χ4v) is 6.78. The van der Waals surface area contributed by atoms with Crippen molar-refractivity contribution in [3.8, 4) is 0 Å². The van der Waals surface area contributed by atoms with Crippen molar-refractivity contribution in [2.24, 2.45) is 0 Å². The normalized spacial score (nSPS) is 40.8. The van der Waals surface area contributed by atoms with E-state index in [0.717, 1.165) is 0 Å². The molecule has 50 heavy (non-hydrogen) atoms. The Bertz CT molecular complexity index is 1570. The Morgan fingerprint density at radius 1 is 0.440 bits per heavy atom. The molecule has 0 aromatic carbocycles. The summed E-state index contributed by atoms with van der Waals surface area (Å²) in [6, 6.07) is 0. The highest BCUT2D eigenvalue weighted by molar-refractivity contribution is 7.81. The van der Waals surface area contributed by atoms with Gasteiger partial charge in [-0.3, -0.25) is 18.2 Å². The van der Waals surface area contributed by atoms with E-state index in [4.69, 9.17) is 37.3 Å². The van der Waals surface area contributed by atoms with Crippen LogP contribution in [0.5, 0.6) is 0 Å². The van der Waals surface area contributed by atoms with Gasteiger partial charge in [-0.05, 0) is 0 Å². The first-order valence-electron chi connectivity index (χ1n) is 13.2. The van der Waals surface area contributed by atoms with E-state index in [1.165, 1.54) is 0 Å². The summed E-state index contributed by atoms with van der Waals surface area (Å²) in [5.41, 5.74) is 0. The number of rotatable bonds is 15. The van der Waals surface area contributed by atoms with Gasteiger partial charge in [0.25, 0.3) is 0 Å². The van der Waals surface area contributed by atoms with Crippen LogP contribution in [0, 0.1) is 0 Å². The molecule has 3 fully saturated rings. The number of hydrogen-bond acceptors (Lipinski definition) is 24. The fourth-order valence-electron chi connectivity index (χ4n) is 4.79. The molecule has 28 nitrogen and oxygen atoms in total. The molecule has 3 aliphatic rings. The molecular formula is C18H32O28S4. The van der Waals surface area contributed by atoms with Gasteiger partial charge in [-0.25, -0.2) is 16.7 Å². The van der Waals surface area contributed by atoms with Crippen molar-refractivity contribution in [1.82, 2.24) is 0 Å². The third-order valence-electron chi connectivity index (χ3n) is 6.88. The topological polar surface area (TPSA) is 442 Å². The van der Waals surface area contributed by atoms with Crippen LogP contribution < -0.4 is 0 Å². The van der Waals surface area contributed by atoms with Gasteiger partial charge >= 0.3 is 41.6 Å². The number of aliphatic hydroxyl groups excluding tert-OH is 7. The van der Waals surface area contributed by atoms with Crippen LogP contribution in [0.4, 0.5) is 0 Å². The lowest BCUT2D eigenvalue weighted by molar-refractivity contribution is -0.336. The largest absolute Gasteiger partial charge is 0.397 e. The minimum atomic E-state index is -5.55. The molecular weight excluding hydrogens is 792 g/mol. The zero-order chi connectivity index (χ0) is 38.1. The summed E-state index contributed by atoms with van der Waals surface area (Å²) in [4.78, 5) is 0. The van der Waals surface area contributed by atoms with Crippen molar-refractivity contribution in [3.63, 3.8) is 0 Å². The maximum absolute atomic E-state index is 11.5. The quantitative estimate of drug-likeness (QED) is 0.0683. The maximum atomic E-state index is 11.5. The lowest BCUT2D eigenvalue weighted by Crippen LogP contribution is -2.63. The van der Waals surface area contributed by atoms with E-state index >= 15 is 0 Å². The van der Waals surface area contributed by atoms with Crippen molar-refractivity contribution >= 4 is 41.6 Å². The van der Waals surface area contributed by atoms with E-state index in [0.29, 0.717) is 0 Å². The molecule has 296 valence electrons. The molecule has 32 heteroatoms. The lowest BCUT2D eigenvalue weighted by Gasteiger charge is -2.44. The van der Waals surface area contributed by atoms with Crippen LogP contribution in [0.25, 0.3) is 0 Å². The molecule has 3 heterocycles. The molecule has 0 aromatic heterocycles. The minimum absolute atomic E-state index is 1.09. The lowest BCUT2D eigenvalue weighted by atomic mass is 9.98. The Kier molecular flexibility index (Phi) is 14.4. The van der Waals surface area contributed by atoms with E-state index in [1.807, 2.05) is 0 Å². The van der Waals surface area contributed by atoms with Crippen molar-refractivity contribution in [3.05, 3.63) is 0 Å².